The van der Waals surface area contributed by atoms with E-state index in [1.807, 2.05) is 0 Å². The van der Waals surface area contributed by atoms with Gasteiger partial charge in [-0.1, -0.05) is 6.92 Å². The van der Waals surface area contributed by atoms with Gasteiger partial charge in [0.1, 0.15) is 0 Å². The van der Waals surface area contributed by atoms with Gasteiger partial charge < -0.3 is 16.0 Å². The molecule has 0 aliphatic carbocycles. The lowest BCUT2D eigenvalue weighted by atomic mass is 10.3. The lowest BCUT2D eigenvalue weighted by Crippen LogP contribution is -2.40. The molecule has 24 heavy (non-hydrogen) atoms. The molecule has 6 nitrogen and oxygen atoms in total. The number of rotatable bonds is 6. The Balaban J connectivity index is 0.00000288. The highest BCUT2D eigenvalue weighted by Crippen LogP contribution is 2.16. The van der Waals surface area contributed by atoms with E-state index in [4.69, 9.17) is 0 Å². The summed E-state index contributed by atoms with van der Waals surface area (Å²) in [4.78, 5) is 22.5. The van der Waals surface area contributed by atoms with E-state index in [0.29, 0.717) is 18.2 Å². The largest absolute Gasteiger partial charge is 0.352 e. The molecular weight excluding hydrogens is 437 g/mol. The molecule has 8 heteroatoms. The van der Waals surface area contributed by atoms with Crippen molar-refractivity contribution in [3.8, 4) is 0 Å². The normalized spacial score (nSPS) is 10.7. The van der Waals surface area contributed by atoms with E-state index in [9.17, 15) is 4.79 Å². The van der Waals surface area contributed by atoms with Crippen molar-refractivity contribution in [2.24, 2.45) is 4.99 Å². The SMILES string of the molecule is CCc1ccc(CNC(=NC)NCC(=O)Nc2cccnc2)s1.I. The highest BCUT2D eigenvalue weighted by molar-refractivity contribution is 14.0. The maximum absolute atomic E-state index is 11.9. The molecule has 3 N–H and O–H groups in total. The van der Waals surface area contributed by atoms with E-state index >= 15 is 0 Å². The summed E-state index contributed by atoms with van der Waals surface area (Å²) in [5.74, 6) is 0.447. The van der Waals surface area contributed by atoms with E-state index in [0.717, 1.165) is 6.42 Å². The number of aryl methyl sites for hydroxylation is 1. The molecule has 0 saturated carbocycles. The third-order valence-electron chi connectivity index (χ3n) is 3.08. The first-order chi connectivity index (χ1) is 11.2. The predicted octanol–water partition coefficient (Wildman–Crippen LogP) is 2.63. The number of carbonyl (C=O) groups is 1. The van der Waals surface area contributed by atoms with Gasteiger partial charge in [-0.05, 0) is 30.7 Å². The maximum atomic E-state index is 11.9. The highest BCUT2D eigenvalue weighted by Gasteiger charge is 2.05. The summed E-state index contributed by atoms with van der Waals surface area (Å²) in [5, 5.41) is 8.95. The number of anilines is 1. The number of hydrogen-bond acceptors (Lipinski definition) is 4. The van der Waals surface area contributed by atoms with Gasteiger partial charge in [0.15, 0.2) is 5.96 Å². The van der Waals surface area contributed by atoms with Crippen LogP contribution in [0.25, 0.3) is 0 Å². The summed E-state index contributed by atoms with van der Waals surface area (Å²) in [6.45, 7) is 2.97. The Kier molecular flexibility index (Phi) is 9.31. The molecule has 0 unspecified atom stereocenters. The summed E-state index contributed by atoms with van der Waals surface area (Å²) in [5.41, 5.74) is 0.674. The molecule has 1 amide bonds. The molecule has 0 atom stereocenters. The Morgan fingerprint density at radius 3 is 2.67 bits per heavy atom. The van der Waals surface area contributed by atoms with Gasteiger partial charge in [0.05, 0.1) is 25.0 Å². The minimum atomic E-state index is -0.148. The van der Waals surface area contributed by atoms with Crippen LogP contribution in [0.4, 0.5) is 5.69 Å². The highest BCUT2D eigenvalue weighted by atomic mass is 127. The Labute approximate surface area is 163 Å². The summed E-state index contributed by atoms with van der Waals surface area (Å²) in [7, 11) is 1.68. The molecular formula is C16H22IN5OS. The number of carbonyl (C=O) groups excluding carboxylic acids is 1. The zero-order chi connectivity index (χ0) is 16.5. The third kappa shape index (κ3) is 6.83. The quantitative estimate of drug-likeness (QED) is 0.353. The monoisotopic (exact) mass is 459 g/mol. The molecule has 0 spiro atoms. The van der Waals surface area contributed by atoms with Crippen LogP contribution in [0.15, 0.2) is 41.7 Å². The van der Waals surface area contributed by atoms with Crippen molar-refractivity contribution in [2.75, 3.05) is 18.9 Å². The van der Waals surface area contributed by atoms with E-state index in [1.54, 1.807) is 42.9 Å². The van der Waals surface area contributed by atoms with Gasteiger partial charge in [-0.15, -0.1) is 35.3 Å². The lowest BCUT2D eigenvalue weighted by Gasteiger charge is -2.11. The van der Waals surface area contributed by atoms with E-state index in [-0.39, 0.29) is 36.4 Å². The van der Waals surface area contributed by atoms with Crippen molar-refractivity contribution < 1.29 is 4.79 Å². The average Bonchev–Trinajstić information content (AvgIpc) is 3.04. The number of thiophene rings is 1. The number of pyridine rings is 1. The van der Waals surface area contributed by atoms with Gasteiger partial charge in [0.2, 0.25) is 5.91 Å². The van der Waals surface area contributed by atoms with Gasteiger partial charge in [-0.3, -0.25) is 14.8 Å². The number of amides is 1. The Morgan fingerprint density at radius 2 is 2.04 bits per heavy atom. The topological polar surface area (TPSA) is 78.4 Å². The standard InChI is InChI=1S/C16H21N5OS.HI/c1-3-13-6-7-14(23-13)10-19-16(17-2)20-11-15(22)21-12-5-4-8-18-9-12;/h4-9H,3,10-11H2,1-2H3,(H,21,22)(H2,17,19,20);1H. The first kappa shape index (κ1) is 20.4. The fraction of sp³-hybridized carbons (Fsp3) is 0.312. The van der Waals surface area contributed by atoms with E-state index in [2.05, 4.69) is 45.0 Å². The van der Waals surface area contributed by atoms with Crippen LogP contribution in [0, 0.1) is 0 Å². The Morgan fingerprint density at radius 1 is 1.25 bits per heavy atom. The van der Waals surface area contributed by atoms with Crippen LogP contribution >= 0.6 is 35.3 Å². The van der Waals surface area contributed by atoms with Crippen LogP contribution in [-0.4, -0.2) is 30.4 Å². The van der Waals surface area contributed by atoms with Crippen LogP contribution in [0.1, 0.15) is 16.7 Å². The molecule has 2 aromatic heterocycles. The van der Waals surface area contributed by atoms with E-state index < -0.39 is 0 Å². The Bertz CT molecular complexity index is 659. The maximum Gasteiger partial charge on any atom is 0.243 e. The van der Waals surface area contributed by atoms with E-state index in [1.165, 1.54) is 9.75 Å². The van der Waals surface area contributed by atoms with Crippen LogP contribution in [-0.2, 0) is 17.8 Å². The number of nitrogens with one attached hydrogen (secondary N) is 3. The van der Waals surface area contributed by atoms with Crippen LogP contribution in [0.3, 0.4) is 0 Å². The molecule has 0 aliphatic heterocycles. The number of halogens is 1. The number of guanidine groups is 1. The fourth-order valence-electron chi connectivity index (χ4n) is 1.90. The van der Waals surface area contributed by atoms with Crippen molar-refractivity contribution in [1.82, 2.24) is 15.6 Å². The molecule has 0 bridgehead atoms. The van der Waals surface area contributed by atoms with Gasteiger partial charge >= 0.3 is 0 Å². The first-order valence-electron chi connectivity index (χ1n) is 7.43. The van der Waals surface area contributed by atoms with Gasteiger partial charge in [0.25, 0.3) is 0 Å². The molecule has 0 saturated heterocycles. The predicted molar refractivity (Wildman–Crippen MR) is 110 cm³/mol. The number of aromatic nitrogens is 1. The number of hydrogen-bond donors (Lipinski definition) is 3. The molecule has 2 aromatic rings. The zero-order valence-electron chi connectivity index (χ0n) is 13.7. The fourth-order valence-corrected chi connectivity index (χ4v) is 2.80. The van der Waals surface area contributed by atoms with Crippen LogP contribution in [0.2, 0.25) is 0 Å². The third-order valence-corrected chi connectivity index (χ3v) is 4.31. The molecule has 0 aliphatic rings. The second-order valence-electron chi connectivity index (χ2n) is 4.79. The van der Waals surface area contributed by atoms with Gasteiger partial charge in [-0.2, -0.15) is 0 Å². The molecule has 2 heterocycles. The lowest BCUT2D eigenvalue weighted by molar-refractivity contribution is -0.115. The van der Waals surface area contributed by atoms with Crippen molar-refractivity contribution in [3.05, 3.63) is 46.4 Å². The summed E-state index contributed by atoms with van der Waals surface area (Å²) in [6, 6.07) is 7.81. The van der Waals surface area contributed by atoms with Crippen molar-refractivity contribution in [3.63, 3.8) is 0 Å². The second-order valence-corrected chi connectivity index (χ2v) is 6.04. The first-order valence-corrected chi connectivity index (χ1v) is 8.25. The van der Waals surface area contributed by atoms with Gasteiger partial charge in [0, 0.05) is 23.0 Å². The summed E-state index contributed by atoms with van der Waals surface area (Å²) < 4.78 is 0. The smallest absolute Gasteiger partial charge is 0.243 e. The summed E-state index contributed by atoms with van der Waals surface area (Å²) in [6.07, 6.45) is 4.31. The number of nitrogens with zero attached hydrogens (tertiary/aromatic N) is 2. The van der Waals surface area contributed by atoms with Crippen molar-refractivity contribution in [2.45, 2.75) is 19.9 Å². The zero-order valence-corrected chi connectivity index (χ0v) is 16.9. The Hall–Kier alpha value is -1.68. The van der Waals surface area contributed by atoms with Crippen molar-refractivity contribution in [1.29, 1.82) is 0 Å². The van der Waals surface area contributed by atoms with Gasteiger partial charge in [-0.25, -0.2) is 0 Å². The molecule has 130 valence electrons. The minimum Gasteiger partial charge on any atom is -0.352 e. The number of aliphatic imine (C=N–C) groups is 1. The second kappa shape index (κ2) is 11.0. The molecule has 0 aromatic carbocycles. The summed E-state index contributed by atoms with van der Waals surface area (Å²) >= 11 is 1.78. The van der Waals surface area contributed by atoms with Crippen LogP contribution in [0.5, 0.6) is 0 Å². The van der Waals surface area contributed by atoms with Crippen LogP contribution < -0.4 is 16.0 Å². The molecule has 0 radical (unpaired) electrons. The molecule has 0 fully saturated rings. The van der Waals surface area contributed by atoms with Crippen molar-refractivity contribution >= 4 is 52.9 Å². The minimum absolute atomic E-state index is 0. The molecule has 2 rings (SSSR count). The average molecular weight is 459 g/mol.